The van der Waals surface area contributed by atoms with Crippen LogP contribution in [0.3, 0.4) is 0 Å². The van der Waals surface area contributed by atoms with Crippen LogP contribution in [0.25, 0.3) is 10.9 Å². The van der Waals surface area contributed by atoms with Gasteiger partial charge in [-0.3, -0.25) is 14.6 Å². The molecule has 0 aliphatic rings. The lowest BCUT2D eigenvalue weighted by atomic mass is 9.89. The number of nitrogens with one attached hydrogen (secondary N) is 1. The number of pyridine rings is 1. The summed E-state index contributed by atoms with van der Waals surface area (Å²) in [5.74, 6) is -1.32. The second kappa shape index (κ2) is 5.52. The van der Waals surface area contributed by atoms with Crippen LogP contribution < -0.4 is 5.32 Å². The molecule has 0 bridgehead atoms. The van der Waals surface area contributed by atoms with Crippen LogP contribution in [-0.2, 0) is 9.59 Å². The van der Waals surface area contributed by atoms with Crippen LogP contribution in [-0.4, -0.2) is 22.0 Å². The monoisotopic (exact) mass is 286 g/mol. The van der Waals surface area contributed by atoms with Crippen molar-refractivity contribution in [3.8, 4) is 0 Å². The van der Waals surface area contributed by atoms with E-state index in [1.807, 2.05) is 25.1 Å². The largest absolute Gasteiger partial charge is 0.481 e. The minimum atomic E-state index is -1.09. The molecule has 1 aromatic carbocycles. The zero-order chi connectivity index (χ0) is 15.6. The molecule has 5 nitrogen and oxygen atoms in total. The Kier molecular flexibility index (Phi) is 3.93. The lowest BCUT2D eigenvalue weighted by Crippen LogP contribution is -2.29. The van der Waals surface area contributed by atoms with Crippen molar-refractivity contribution in [2.24, 2.45) is 5.41 Å². The number of hydrogen-bond donors (Lipinski definition) is 2. The number of anilines is 1. The van der Waals surface area contributed by atoms with E-state index in [9.17, 15) is 9.59 Å². The molecular formula is C16H18N2O3. The molecule has 0 saturated heterocycles. The lowest BCUT2D eigenvalue weighted by molar-refractivity contribution is -0.148. The van der Waals surface area contributed by atoms with Crippen molar-refractivity contribution >= 4 is 28.5 Å². The van der Waals surface area contributed by atoms with Crippen LogP contribution in [0.4, 0.5) is 5.69 Å². The number of carboxylic acids is 1. The number of aryl methyl sites for hydroxylation is 1. The Labute approximate surface area is 123 Å². The molecule has 0 fully saturated rings. The molecular weight excluding hydrogens is 268 g/mol. The third-order valence-corrected chi connectivity index (χ3v) is 3.43. The van der Waals surface area contributed by atoms with Gasteiger partial charge in [0.25, 0.3) is 0 Å². The molecule has 0 aliphatic heterocycles. The topological polar surface area (TPSA) is 79.3 Å². The molecule has 21 heavy (non-hydrogen) atoms. The molecule has 1 heterocycles. The summed E-state index contributed by atoms with van der Waals surface area (Å²) in [5, 5.41) is 12.7. The summed E-state index contributed by atoms with van der Waals surface area (Å²) in [5.41, 5.74) is 1.40. The highest BCUT2D eigenvalue weighted by Crippen LogP contribution is 2.26. The van der Waals surface area contributed by atoms with Gasteiger partial charge in [-0.25, -0.2) is 0 Å². The van der Waals surface area contributed by atoms with Crippen LogP contribution >= 0.6 is 0 Å². The number of fused-ring (bicyclic) bond motifs is 1. The van der Waals surface area contributed by atoms with Gasteiger partial charge in [0, 0.05) is 18.0 Å². The zero-order valence-electron chi connectivity index (χ0n) is 12.3. The zero-order valence-corrected chi connectivity index (χ0v) is 12.3. The molecule has 0 saturated carbocycles. The number of aromatic nitrogens is 1. The number of nitrogens with zero attached hydrogens (tertiary/aromatic N) is 1. The number of benzene rings is 1. The Morgan fingerprint density at radius 3 is 2.67 bits per heavy atom. The second-order valence-corrected chi connectivity index (χ2v) is 5.74. The van der Waals surface area contributed by atoms with E-state index in [-0.39, 0.29) is 12.3 Å². The van der Waals surface area contributed by atoms with Gasteiger partial charge in [-0.05, 0) is 44.5 Å². The molecule has 0 atom stereocenters. The predicted octanol–water partition coefficient (Wildman–Crippen LogP) is 2.98. The fraction of sp³-hybridized carbons (Fsp3) is 0.312. The van der Waals surface area contributed by atoms with Gasteiger partial charge in [-0.1, -0.05) is 6.07 Å². The first-order chi connectivity index (χ1) is 9.81. The summed E-state index contributed by atoms with van der Waals surface area (Å²) >= 11 is 0. The molecule has 0 radical (unpaired) electrons. The maximum atomic E-state index is 12.1. The molecule has 2 N–H and O–H groups in total. The maximum absolute atomic E-state index is 12.1. The highest BCUT2D eigenvalue weighted by Gasteiger charge is 2.30. The Morgan fingerprint density at radius 1 is 1.29 bits per heavy atom. The van der Waals surface area contributed by atoms with Gasteiger partial charge in [-0.15, -0.1) is 0 Å². The highest BCUT2D eigenvalue weighted by atomic mass is 16.4. The van der Waals surface area contributed by atoms with E-state index < -0.39 is 11.4 Å². The highest BCUT2D eigenvalue weighted by molar-refractivity contribution is 6.02. The van der Waals surface area contributed by atoms with E-state index in [1.54, 1.807) is 12.3 Å². The number of carbonyl (C=O) groups excluding carboxylic acids is 1. The van der Waals surface area contributed by atoms with Crippen molar-refractivity contribution in [2.45, 2.75) is 27.2 Å². The van der Waals surface area contributed by atoms with E-state index in [0.717, 1.165) is 16.5 Å². The second-order valence-electron chi connectivity index (χ2n) is 5.74. The Hall–Kier alpha value is -2.43. The fourth-order valence-electron chi connectivity index (χ4n) is 2.09. The van der Waals surface area contributed by atoms with E-state index in [0.29, 0.717) is 5.69 Å². The van der Waals surface area contributed by atoms with Gasteiger partial charge in [0.15, 0.2) is 0 Å². The number of rotatable bonds is 4. The first-order valence-corrected chi connectivity index (χ1v) is 6.69. The maximum Gasteiger partial charge on any atom is 0.309 e. The summed E-state index contributed by atoms with van der Waals surface area (Å²) in [4.78, 5) is 27.4. The molecule has 110 valence electrons. The quantitative estimate of drug-likeness (QED) is 0.905. The third-order valence-electron chi connectivity index (χ3n) is 3.43. The molecule has 2 rings (SSSR count). The van der Waals surface area contributed by atoms with Crippen molar-refractivity contribution < 1.29 is 14.7 Å². The summed E-state index contributed by atoms with van der Waals surface area (Å²) in [6, 6.07) is 7.38. The fourth-order valence-corrected chi connectivity index (χ4v) is 2.09. The summed E-state index contributed by atoms with van der Waals surface area (Å²) in [6.07, 6.45) is 1.62. The van der Waals surface area contributed by atoms with Crippen LogP contribution in [0.15, 0.2) is 30.5 Å². The lowest BCUT2D eigenvalue weighted by Gasteiger charge is -2.18. The van der Waals surface area contributed by atoms with Crippen molar-refractivity contribution in [1.29, 1.82) is 0 Å². The number of carboxylic acid groups (broad SMARTS) is 1. The molecule has 5 heteroatoms. The number of amides is 1. The van der Waals surface area contributed by atoms with Crippen LogP contribution in [0.2, 0.25) is 0 Å². The minimum absolute atomic E-state index is 0.0854. The molecule has 0 spiro atoms. The predicted molar refractivity (Wildman–Crippen MR) is 81.1 cm³/mol. The number of aliphatic carboxylic acids is 1. The normalized spacial score (nSPS) is 11.4. The smallest absolute Gasteiger partial charge is 0.309 e. The summed E-state index contributed by atoms with van der Waals surface area (Å²) in [7, 11) is 0. The van der Waals surface area contributed by atoms with E-state index in [1.165, 1.54) is 13.8 Å². The molecule has 0 aliphatic carbocycles. The number of hydrogen-bond acceptors (Lipinski definition) is 3. The SMILES string of the molecule is Cc1ccc(NC(=O)CC(C)(C)C(=O)O)c2cccnc12. The Bertz CT molecular complexity index is 708. The third kappa shape index (κ3) is 3.18. The summed E-state index contributed by atoms with van der Waals surface area (Å²) < 4.78 is 0. The van der Waals surface area contributed by atoms with Gasteiger partial charge in [0.1, 0.15) is 0 Å². The van der Waals surface area contributed by atoms with Crippen LogP contribution in [0.5, 0.6) is 0 Å². The number of carbonyl (C=O) groups is 2. The molecule has 1 aromatic heterocycles. The first-order valence-electron chi connectivity index (χ1n) is 6.69. The molecule has 0 unspecified atom stereocenters. The van der Waals surface area contributed by atoms with Gasteiger partial charge >= 0.3 is 5.97 Å². The molecule has 1 amide bonds. The van der Waals surface area contributed by atoms with Gasteiger partial charge in [-0.2, -0.15) is 0 Å². The average Bonchev–Trinajstić information content (AvgIpc) is 2.41. The average molecular weight is 286 g/mol. The molecule has 2 aromatic rings. The first kappa shape index (κ1) is 15.0. The van der Waals surface area contributed by atoms with E-state index in [2.05, 4.69) is 10.3 Å². The van der Waals surface area contributed by atoms with E-state index >= 15 is 0 Å². The van der Waals surface area contributed by atoms with Crippen molar-refractivity contribution in [3.63, 3.8) is 0 Å². The van der Waals surface area contributed by atoms with Crippen LogP contribution in [0.1, 0.15) is 25.8 Å². The Morgan fingerprint density at radius 2 is 2.00 bits per heavy atom. The van der Waals surface area contributed by atoms with Crippen molar-refractivity contribution in [1.82, 2.24) is 4.98 Å². The van der Waals surface area contributed by atoms with Gasteiger partial charge in [0.2, 0.25) is 5.91 Å². The minimum Gasteiger partial charge on any atom is -0.481 e. The standard InChI is InChI=1S/C16H18N2O3/c1-10-6-7-12(11-5-4-8-17-14(10)11)18-13(19)9-16(2,3)15(20)21/h4-8H,9H2,1-3H3,(H,18,19)(H,20,21). The van der Waals surface area contributed by atoms with Gasteiger partial charge in [0.05, 0.1) is 16.6 Å². The van der Waals surface area contributed by atoms with Gasteiger partial charge < -0.3 is 10.4 Å². The van der Waals surface area contributed by atoms with Crippen molar-refractivity contribution in [2.75, 3.05) is 5.32 Å². The summed E-state index contributed by atoms with van der Waals surface area (Å²) in [6.45, 7) is 5.02. The van der Waals surface area contributed by atoms with Crippen molar-refractivity contribution in [3.05, 3.63) is 36.0 Å². The van der Waals surface area contributed by atoms with E-state index in [4.69, 9.17) is 5.11 Å². The Balaban J connectivity index is 2.27. The van der Waals surface area contributed by atoms with Crippen LogP contribution in [0, 0.1) is 12.3 Å².